The highest BCUT2D eigenvalue weighted by molar-refractivity contribution is 14.1. The van der Waals surface area contributed by atoms with Crippen LogP contribution in [-0.2, 0) is 9.47 Å². The van der Waals surface area contributed by atoms with E-state index in [0.717, 1.165) is 36.6 Å². The van der Waals surface area contributed by atoms with Gasteiger partial charge in [0.2, 0.25) is 0 Å². The average molecular weight is 340 g/mol. The Balaban J connectivity index is 2.24. The first-order valence-corrected chi connectivity index (χ1v) is 8.02. The van der Waals surface area contributed by atoms with Gasteiger partial charge in [0.05, 0.1) is 18.8 Å². The molecule has 2 unspecified atom stereocenters. The lowest BCUT2D eigenvalue weighted by molar-refractivity contribution is -0.0800. The summed E-state index contributed by atoms with van der Waals surface area (Å²) < 4.78 is 12.7. The van der Waals surface area contributed by atoms with Crippen LogP contribution in [0.3, 0.4) is 0 Å². The molecule has 3 heteroatoms. The maximum absolute atomic E-state index is 6.10. The fraction of sp³-hybridized carbons (Fsp3) is 1.00. The monoisotopic (exact) mass is 340 g/mol. The Morgan fingerprint density at radius 3 is 2.75 bits per heavy atom. The molecule has 0 radical (unpaired) electrons. The van der Waals surface area contributed by atoms with E-state index in [1.54, 1.807) is 0 Å². The smallest absolute Gasteiger partial charge is 0.0775 e. The third-order valence-electron chi connectivity index (χ3n) is 3.28. The number of halogens is 1. The largest absolute Gasteiger partial charge is 0.379 e. The summed E-state index contributed by atoms with van der Waals surface area (Å²) in [5.41, 5.74) is 0.147. The summed E-state index contributed by atoms with van der Waals surface area (Å²) in [7, 11) is 0. The highest BCUT2D eigenvalue weighted by atomic mass is 127. The Morgan fingerprint density at radius 2 is 2.12 bits per heavy atom. The zero-order chi connectivity index (χ0) is 11.9. The Kier molecular flexibility index (Phi) is 7.24. The predicted molar refractivity (Wildman–Crippen MR) is 76.3 cm³/mol. The van der Waals surface area contributed by atoms with Crippen LogP contribution in [-0.4, -0.2) is 29.8 Å². The topological polar surface area (TPSA) is 18.5 Å². The lowest BCUT2D eigenvalue weighted by Gasteiger charge is -2.38. The summed E-state index contributed by atoms with van der Waals surface area (Å²) in [5, 5.41) is 0. The minimum absolute atomic E-state index is 0.147. The summed E-state index contributed by atoms with van der Waals surface area (Å²) in [5.74, 6) is 0.820. The van der Waals surface area contributed by atoms with Crippen LogP contribution in [0.5, 0.6) is 0 Å². The molecule has 1 fully saturated rings. The number of rotatable bonds is 7. The molecule has 1 saturated carbocycles. The van der Waals surface area contributed by atoms with Crippen LogP contribution < -0.4 is 0 Å². The lowest BCUT2D eigenvalue weighted by atomic mass is 9.80. The Labute approximate surface area is 114 Å². The number of alkyl halides is 1. The average Bonchev–Trinajstić information content (AvgIpc) is 2.29. The molecular weight excluding hydrogens is 315 g/mol. The van der Waals surface area contributed by atoms with Crippen molar-refractivity contribution in [3.05, 3.63) is 0 Å². The second kappa shape index (κ2) is 7.88. The van der Waals surface area contributed by atoms with E-state index in [-0.39, 0.29) is 5.60 Å². The standard InChI is InChI=1S/C13H25IO2/c1-3-7-15-8-9-16-13(11-14)6-4-5-12(2)10-13/h12H,3-11H2,1-2H3. The molecule has 2 nitrogen and oxygen atoms in total. The molecule has 0 aliphatic heterocycles. The third kappa shape index (κ3) is 4.88. The predicted octanol–water partition coefficient (Wildman–Crippen LogP) is 3.81. The van der Waals surface area contributed by atoms with Crippen LogP contribution in [0.1, 0.15) is 46.0 Å². The maximum Gasteiger partial charge on any atom is 0.0775 e. The molecule has 0 N–H and O–H groups in total. The van der Waals surface area contributed by atoms with Crippen molar-refractivity contribution in [1.29, 1.82) is 0 Å². The van der Waals surface area contributed by atoms with Crippen molar-refractivity contribution < 1.29 is 9.47 Å². The highest BCUT2D eigenvalue weighted by Crippen LogP contribution is 2.36. The van der Waals surface area contributed by atoms with Gasteiger partial charge in [-0.1, -0.05) is 49.3 Å². The van der Waals surface area contributed by atoms with Crippen LogP contribution in [0.15, 0.2) is 0 Å². The van der Waals surface area contributed by atoms with Crippen molar-refractivity contribution in [2.75, 3.05) is 24.2 Å². The highest BCUT2D eigenvalue weighted by Gasteiger charge is 2.34. The van der Waals surface area contributed by atoms with E-state index in [0.29, 0.717) is 0 Å². The van der Waals surface area contributed by atoms with Crippen molar-refractivity contribution >= 4 is 22.6 Å². The zero-order valence-electron chi connectivity index (χ0n) is 10.6. The molecule has 2 atom stereocenters. The van der Waals surface area contributed by atoms with Crippen molar-refractivity contribution in [3.63, 3.8) is 0 Å². The van der Waals surface area contributed by atoms with E-state index in [4.69, 9.17) is 9.47 Å². The maximum atomic E-state index is 6.10. The summed E-state index contributed by atoms with van der Waals surface area (Å²) in [6, 6.07) is 0. The fourth-order valence-corrected chi connectivity index (χ4v) is 3.38. The second-order valence-electron chi connectivity index (χ2n) is 4.98. The number of hydrogen-bond acceptors (Lipinski definition) is 2. The molecule has 1 aliphatic rings. The molecule has 96 valence electrons. The van der Waals surface area contributed by atoms with E-state index in [1.165, 1.54) is 25.7 Å². The van der Waals surface area contributed by atoms with Gasteiger partial charge in [-0.2, -0.15) is 0 Å². The number of hydrogen-bond donors (Lipinski definition) is 0. The summed E-state index contributed by atoms with van der Waals surface area (Å²) in [4.78, 5) is 0. The molecule has 0 spiro atoms. The van der Waals surface area contributed by atoms with Gasteiger partial charge >= 0.3 is 0 Å². The Hall–Kier alpha value is 0.650. The lowest BCUT2D eigenvalue weighted by Crippen LogP contribution is -2.40. The molecule has 0 bridgehead atoms. The number of ether oxygens (including phenoxy) is 2. The summed E-state index contributed by atoms with van der Waals surface area (Å²) in [6.45, 7) is 6.85. The van der Waals surface area contributed by atoms with Crippen molar-refractivity contribution in [2.24, 2.45) is 5.92 Å². The summed E-state index contributed by atoms with van der Waals surface area (Å²) >= 11 is 2.47. The molecule has 0 aromatic rings. The Morgan fingerprint density at radius 1 is 1.31 bits per heavy atom. The molecule has 0 saturated heterocycles. The Bertz CT molecular complexity index is 187. The zero-order valence-corrected chi connectivity index (χ0v) is 12.8. The van der Waals surface area contributed by atoms with Gasteiger partial charge in [0.25, 0.3) is 0 Å². The first-order chi connectivity index (χ1) is 7.72. The minimum atomic E-state index is 0.147. The van der Waals surface area contributed by atoms with Gasteiger partial charge in [-0.15, -0.1) is 0 Å². The van der Waals surface area contributed by atoms with Gasteiger partial charge in [0.15, 0.2) is 0 Å². The van der Waals surface area contributed by atoms with E-state index in [9.17, 15) is 0 Å². The van der Waals surface area contributed by atoms with Crippen LogP contribution in [0, 0.1) is 5.92 Å². The van der Waals surface area contributed by atoms with E-state index in [1.807, 2.05) is 0 Å². The van der Waals surface area contributed by atoms with Gasteiger partial charge in [-0.3, -0.25) is 0 Å². The minimum Gasteiger partial charge on any atom is -0.379 e. The van der Waals surface area contributed by atoms with Crippen molar-refractivity contribution in [1.82, 2.24) is 0 Å². The molecular formula is C13H25IO2. The molecule has 0 aromatic carbocycles. The van der Waals surface area contributed by atoms with Gasteiger partial charge < -0.3 is 9.47 Å². The molecule has 0 amide bonds. The molecule has 1 aliphatic carbocycles. The fourth-order valence-electron chi connectivity index (χ4n) is 2.47. The van der Waals surface area contributed by atoms with Crippen LogP contribution >= 0.6 is 22.6 Å². The van der Waals surface area contributed by atoms with Gasteiger partial charge in [0.1, 0.15) is 0 Å². The SMILES string of the molecule is CCCOCCOC1(CI)CCCC(C)C1. The summed E-state index contributed by atoms with van der Waals surface area (Å²) in [6.07, 6.45) is 6.24. The molecule has 1 rings (SSSR count). The van der Waals surface area contributed by atoms with E-state index < -0.39 is 0 Å². The normalized spacial score (nSPS) is 30.6. The molecule has 16 heavy (non-hydrogen) atoms. The van der Waals surface area contributed by atoms with E-state index >= 15 is 0 Å². The van der Waals surface area contributed by atoms with E-state index in [2.05, 4.69) is 36.4 Å². The molecule has 0 aromatic heterocycles. The van der Waals surface area contributed by atoms with Gasteiger partial charge in [0, 0.05) is 11.0 Å². The quantitative estimate of drug-likeness (QED) is 0.399. The van der Waals surface area contributed by atoms with Crippen molar-refractivity contribution in [2.45, 2.75) is 51.6 Å². The third-order valence-corrected chi connectivity index (χ3v) is 4.67. The first-order valence-electron chi connectivity index (χ1n) is 6.50. The van der Waals surface area contributed by atoms with Crippen LogP contribution in [0.25, 0.3) is 0 Å². The molecule has 0 heterocycles. The second-order valence-corrected chi connectivity index (χ2v) is 5.74. The van der Waals surface area contributed by atoms with Crippen LogP contribution in [0.4, 0.5) is 0 Å². The first kappa shape index (κ1) is 14.7. The van der Waals surface area contributed by atoms with Crippen molar-refractivity contribution in [3.8, 4) is 0 Å². The van der Waals surface area contributed by atoms with Gasteiger partial charge in [-0.05, 0) is 25.2 Å². The van der Waals surface area contributed by atoms with Gasteiger partial charge in [-0.25, -0.2) is 0 Å². The van der Waals surface area contributed by atoms with Crippen LogP contribution in [0.2, 0.25) is 0 Å².